The standard InChI is InChI=1S/C17H15ClN6O3S2/c1-7-13(29-16(19-7)20-8(2)25)14-21-22-17(28)24(14)23-12(11(18)15(23)27)9-3-5-10(26)6-4-9/h3-6,11-12,26H,1-2H3,(H,22,28)(H,19,20,25). The number of amides is 2. The topological polar surface area (TPSA) is 116 Å². The lowest BCUT2D eigenvalue weighted by atomic mass is 9.95. The molecule has 3 N–H and O–H groups in total. The number of benzene rings is 1. The average Bonchev–Trinajstić information content (AvgIpc) is 3.21. The number of phenolic OH excluding ortho intramolecular Hbond substituents is 1. The summed E-state index contributed by atoms with van der Waals surface area (Å²) in [6, 6.07) is 5.97. The van der Waals surface area contributed by atoms with Crippen LogP contribution in [0.1, 0.15) is 24.2 Å². The molecule has 4 rings (SSSR count). The predicted molar refractivity (Wildman–Crippen MR) is 111 cm³/mol. The molecule has 12 heteroatoms. The molecule has 2 unspecified atom stereocenters. The molecule has 9 nitrogen and oxygen atoms in total. The summed E-state index contributed by atoms with van der Waals surface area (Å²) in [5.74, 6) is -0.0574. The summed E-state index contributed by atoms with van der Waals surface area (Å²) in [5, 5.41) is 20.2. The molecule has 0 bridgehead atoms. The van der Waals surface area contributed by atoms with E-state index in [2.05, 4.69) is 20.5 Å². The number of H-pyrrole nitrogens is 1. The minimum atomic E-state index is -0.776. The van der Waals surface area contributed by atoms with E-state index in [0.29, 0.717) is 21.5 Å². The van der Waals surface area contributed by atoms with E-state index in [1.165, 1.54) is 40.1 Å². The lowest BCUT2D eigenvalue weighted by Crippen LogP contribution is -2.62. The number of nitrogens with zero attached hydrogens (tertiary/aromatic N) is 4. The zero-order valence-electron chi connectivity index (χ0n) is 15.2. The van der Waals surface area contributed by atoms with Gasteiger partial charge in [-0.25, -0.2) is 19.8 Å². The first-order valence-corrected chi connectivity index (χ1v) is 10.1. The molecule has 1 aliphatic heterocycles. The molecule has 3 aromatic rings. The van der Waals surface area contributed by atoms with Crippen LogP contribution >= 0.6 is 35.2 Å². The van der Waals surface area contributed by atoms with E-state index < -0.39 is 11.4 Å². The maximum absolute atomic E-state index is 12.6. The number of alkyl halides is 1. The van der Waals surface area contributed by atoms with Gasteiger partial charge in [-0.1, -0.05) is 23.5 Å². The number of aromatic amines is 1. The van der Waals surface area contributed by atoms with Crippen molar-refractivity contribution in [1.29, 1.82) is 0 Å². The summed E-state index contributed by atoms with van der Waals surface area (Å²) in [5.41, 5.74) is 1.38. The maximum Gasteiger partial charge on any atom is 0.262 e. The first-order chi connectivity index (χ1) is 13.8. The largest absolute Gasteiger partial charge is 0.508 e. The van der Waals surface area contributed by atoms with Crippen molar-refractivity contribution in [2.45, 2.75) is 25.3 Å². The molecule has 0 saturated carbocycles. The third-order valence-corrected chi connectivity index (χ3v) is 6.14. The Morgan fingerprint density at radius 3 is 2.72 bits per heavy atom. The quantitative estimate of drug-likeness (QED) is 0.320. The molecule has 2 aromatic heterocycles. The Morgan fingerprint density at radius 1 is 1.38 bits per heavy atom. The van der Waals surface area contributed by atoms with Gasteiger partial charge < -0.3 is 10.4 Å². The highest BCUT2D eigenvalue weighted by Crippen LogP contribution is 2.40. The summed E-state index contributed by atoms with van der Waals surface area (Å²) < 4.78 is 1.71. The number of carbonyl (C=O) groups excluding carboxylic acids is 2. The van der Waals surface area contributed by atoms with Crippen molar-refractivity contribution >= 4 is 52.1 Å². The van der Waals surface area contributed by atoms with Crippen molar-refractivity contribution in [3.63, 3.8) is 0 Å². The van der Waals surface area contributed by atoms with Gasteiger partial charge in [-0.3, -0.25) is 9.59 Å². The van der Waals surface area contributed by atoms with Crippen molar-refractivity contribution in [1.82, 2.24) is 19.9 Å². The summed E-state index contributed by atoms with van der Waals surface area (Å²) in [6.45, 7) is 3.17. The van der Waals surface area contributed by atoms with Crippen LogP contribution in [-0.2, 0) is 9.59 Å². The first-order valence-electron chi connectivity index (χ1n) is 8.47. The second kappa shape index (κ2) is 7.25. The van der Waals surface area contributed by atoms with Gasteiger partial charge in [0.25, 0.3) is 5.91 Å². The Bertz CT molecular complexity index is 1170. The summed E-state index contributed by atoms with van der Waals surface area (Å²) in [7, 11) is 0. The van der Waals surface area contributed by atoms with Crippen molar-refractivity contribution < 1.29 is 14.7 Å². The van der Waals surface area contributed by atoms with Gasteiger partial charge in [-0.15, -0.1) is 11.6 Å². The van der Waals surface area contributed by atoms with Gasteiger partial charge in [0, 0.05) is 6.92 Å². The van der Waals surface area contributed by atoms with Crippen LogP contribution in [0.5, 0.6) is 5.75 Å². The Hall–Kier alpha value is -2.76. The Morgan fingerprint density at radius 2 is 2.07 bits per heavy atom. The fourth-order valence-electron chi connectivity index (χ4n) is 3.09. The fourth-order valence-corrected chi connectivity index (χ4v) is 4.65. The molecule has 2 amide bonds. The molecule has 0 radical (unpaired) electrons. The number of nitrogens with one attached hydrogen (secondary N) is 2. The number of phenols is 1. The number of β-lactam (4-membered cyclic amide) rings is 1. The van der Waals surface area contributed by atoms with Crippen LogP contribution in [0.3, 0.4) is 0 Å². The number of aryl methyl sites for hydroxylation is 1. The zero-order chi connectivity index (χ0) is 20.9. The van der Waals surface area contributed by atoms with Crippen LogP contribution in [0.25, 0.3) is 10.7 Å². The lowest BCUT2D eigenvalue weighted by Gasteiger charge is -2.44. The molecule has 1 fully saturated rings. The number of hydrogen-bond donors (Lipinski definition) is 3. The van der Waals surface area contributed by atoms with Crippen molar-refractivity contribution in [3.8, 4) is 16.5 Å². The number of carbonyl (C=O) groups is 2. The normalized spacial score (nSPS) is 18.6. The van der Waals surface area contributed by atoms with E-state index in [1.807, 2.05) is 0 Å². The van der Waals surface area contributed by atoms with Crippen LogP contribution in [0.15, 0.2) is 24.3 Å². The van der Waals surface area contributed by atoms with Crippen LogP contribution in [-0.4, -0.2) is 42.2 Å². The molecule has 1 aromatic carbocycles. The van der Waals surface area contributed by atoms with Gasteiger partial charge in [0.1, 0.15) is 17.2 Å². The van der Waals surface area contributed by atoms with Crippen molar-refractivity contribution in [2.75, 3.05) is 10.3 Å². The molecular formula is C17H15ClN6O3S2. The highest BCUT2D eigenvalue weighted by molar-refractivity contribution is 7.71. The minimum absolute atomic E-state index is 0.114. The Balaban J connectivity index is 1.78. The van der Waals surface area contributed by atoms with Crippen LogP contribution in [0.4, 0.5) is 5.13 Å². The van der Waals surface area contributed by atoms with Crippen LogP contribution in [0, 0.1) is 11.7 Å². The highest BCUT2D eigenvalue weighted by Gasteiger charge is 2.50. The number of anilines is 1. The number of aromatic hydroxyl groups is 1. The van der Waals surface area contributed by atoms with Gasteiger partial charge in [-0.05, 0) is 36.8 Å². The minimum Gasteiger partial charge on any atom is -0.508 e. The molecule has 0 aliphatic carbocycles. The van der Waals surface area contributed by atoms with Crippen molar-refractivity contribution in [2.24, 2.45) is 0 Å². The first kappa shape index (κ1) is 19.6. The molecule has 1 aliphatic rings. The number of rotatable bonds is 4. The number of halogens is 1. The van der Waals surface area contributed by atoms with E-state index in [4.69, 9.17) is 23.8 Å². The molecular weight excluding hydrogens is 436 g/mol. The Labute approximate surface area is 178 Å². The average molecular weight is 451 g/mol. The molecule has 29 heavy (non-hydrogen) atoms. The van der Waals surface area contributed by atoms with Crippen molar-refractivity contribution in [3.05, 3.63) is 40.3 Å². The summed E-state index contributed by atoms with van der Waals surface area (Å²) >= 11 is 12.9. The third-order valence-electron chi connectivity index (χ3n) is 4.39. The lowest BCUT2D eigenvalue weighted by molar-refractivity contribution is -0.126. The van der Waals surface area contributed by atoms with Crippen LogP contribution in [0.2, 0.25) is 0 Å². The van der Waals surface area contributed by atoms with E-state index in [-0.39, 0.29) is 22.3 Å². The number of aromatic nitrogens is 4. The highest BCUT2D eigenvalue weighted by atomic mass is 35.5. The monoisotopic (exact) mass is 450 g/mol. The maximum atomic E-state index is 12.6. The third kappa shape index (κ3) is 3.30. The summed E-state index contributed by atoms with van der Waals surface area (Å²) in [6.07, 6.45) is 0. The number of hydrogen-bond acceptors (Lipinski definition) is 7. The smallest absolute Gasteiger partial charge is 0.262 e. The van der Waals surface area contributed by atoms with Gasteiger partial charge in [-0.2, -0.15) is 5.10 Å². The van der Waals surface area contributed by atoms with Gasteiger partial charge in [0.05, 0.1) is 10.6 Å². The van der Waals surface area contributed by atoms with Gasteiger partial charge in [0.2, 0.25) is 10.7 Å². The van der Waals surface area contributed by atoms with Crippen LogP contribution < -0.4 is 10.3 Å². The van der Waals surface area contributed by atoms with E-state index in [0.717, 1.165) is 5.56 Å². The Kier molecular flexibility index (Phi) is 4.89. The molecule has 3 heterocycles. The second-order valence-electron chi connectivity index (χ2n) is 6.40. The number of thiazole rings is 1. The van der Waals surface area contributed by atoms with E-state index in [9.17, 15) is 14.7 Å². The molecule has 1 saturated heterocycles. The van der Waals surface area contributed by atoms with Gasteiger partial charge in [0.15, 0.2) is 11.0 Å². The second-order valence-corrected chi connectivity index (χ2v) is 8.26. The SMILES string of the molecule is CC(=O)Nc1nc(C)c(-c2n[nH]c(=S)n2N2C(=O)C(Cl)C2c2ccc(O)cc2)s1. The van der Waals surface area contributed by atoms with Gasteiger partial charge >= 0.3 is 0 Å². The van der Waals surface area contributed by atoms with E-state index in [1.54, 1.807) is 19.1 Å². The molecule has 2 atom stereocenters. The predicted octanol–water partition coefficient (Wildman–Crippen LogP) is 2.86. The summed E-state index contributed by atoms with van der Waals surface area (Å²) in [4.78, 5) is 29.0. The van der Waals surface area contributed by atoms with E-state index >= 15 is 0 Å². The zero-order valence-corrected chi connectivity index (χ0v) is 17.6. The molecule has 0 spiro atoms. The molecule has 150 valence electrons. The fraction of sp³-hybridized carbons (Fsp3) is 0.235.